The Bertz CT molecular complexity index is 489. The molecule has 0 radical (unpaired) electrons. The fourth-order valence-electron chi connectivity index (χ4n) is 1.66. The lowest BCUT2D eigenvalue weighted by atomic mass is 10.0. The average molecular weight is 327 g/mol. The van der Waals surface area contributed by atoms with Crippen LogP contribution in [0.3, 0.4) is 0 Å². The van der Waals surface area contributed by atoms with Crippen molar-refractivity contribution in [1.29, 1.82) is 0 Å². The number of halogens is 1. The minimum Gasteiger partial charge on any atom is -0.482 e. The van der Waals surface area contributed by atoms with Crippen LogP contribution in [-0.4, -0.2) is 11.0 Å². The second-order valence-corrected chi connectivity index (χ2v) is 5.70. The molecular weight excluding hydrogens is 312 g/mol. The number of ether oxygens (including phenoxy) is 1. The van der Waals surface area contributed by atoms with Gasteiger partial charge in [-0.05, 0) is 45.2 Å². The number of hydrogen-bond donors (Lipinski definition) is 1. The summed E-state index contributed by atoms with van der Waals surface area (Å²) >= 11 is 5.03. The van der Waals surface area contributed by atoms with Crippen molar-refractivity contribution in [2.24, 2.45) is 5.73 Å². The second kappa shape index (κ2) is 6.31. The van der Waals surface area contributed by atoms with Crippen LogP contribution >= 0.6 is 27.3 Å². The number of nitrogens with two attached hydrogens (primary N) is 1. The van der Waals surface area contributed by atoms with E-state index < -0.39 is 0 Å². The predicted octanol–water partition coefficient (Wildman–Crippen LogP) is 3.76. The van der Waals surface area contributed by atoms with E-state index in [-0.39, 0.29) is 12.1 Å². The maximum atomic E-state index is 6.14. The maximum Gasteiger partial charge on any atom is 0.140 e. The van der Waals surface area contributed by atoms with E-state index in [1.165, 1.54) is 0 Å². The fourth-order valence-corrected chi connectivity index (χ4v) is 2.68. The summed E-state index contributed by atoms with van der Waals surface area (Å²) in [5.41, 5.74) is 7.26. The van der Waals surface area contributed by atoms with E-state index in [9.17, 15) is 0 Å². The molecule has 3 nitrogen and oxygen atoms in total. The molecule has 2 unspecified atom stereocenters. The molecule has 0 aliphatic heterocycles. The van der Waals surface area contributed by atoms with Crippen molar-refractivity contribution in [3.8, 4) is 5.75 Å². The lowest BCUT2D eigenvalue weighted by molar-refractivity contribution is 0.171. The molecule has 2 heterocycles. The van der Waals surface area contributed by atoms with Gasteiger partial charge in [0.2, 0.25) is 0 Å². The van der Waals surface area contributed by atoms with Crippen molar-refractivity contribution in [2.75, 3.05) is 0 Å². The van der Waals surface area contributed by atoms with Crippen LogP contribution in [0.5, 0.6) is 5.75 Å². The third-order valence-electron chi connectivity index (χ3n) is 2.67. The molecule has 2 N–H and O–H groups in total. The van der Waals surface area contributed by atoms with Crippen LogP contribution in [0.2, 0.25) is 0 Å². The number of thiophene rings is 1. The van der Waals surface area contributed by atoms with Gasteiger partial charge in [-0.25, -0.2) is 0 Å². The lowest BCUT2D eigenvalue weighted by Crippen LogP contribution is -2.31. The third-order valence-corrected chi connectivity index (χ3v) is 3.81. The van der Waals surface area contributed by atoms with Crippen LogP contribution in [0.4, 0.5) is 0 Å². The van der Waals surface area contributed by atoms with E-state index in [0.717, 1.165) is 22.2 Å². The molecule has 2 atom stereocenters. The zero-order valence-electron chi connectivity index (χ0n) is 10.0. The Morgan fingerprint density at radius 3 is 2.94 bits per heavy atom. The van der Waals surface area contributed by atoms with Gasteiger partial charge < -0.3 is 10.5 Å². The molecule has 0 fully saturated rings. The van der Waals surface area contributed by atoms with Crippen molar-refractivity contribution >= 4 is 27.3 Å². The normalized spacial score (nSPS) is 14.2. The van der Waals surface area contributed by atoms with Gasteiger partial charge in [-0.1, -0.05) is 6.92 Å². The molecule has 0 spiro atoms. The minimum atomic E-state index is -0.127. The molecule has 2 aromatic rings. The highest BCUT2D eigenvalue weighted by molar-refractivity contribution is 9.10. The summed E-state index contributed by atoms with van der Waals surface area (Å²) in [5, 5.41) is 4.11. The van der Waals surface area contributed by atoms with Gasteiger partial charge in [-0.3, -0.25) is 4.98 Å². The summed E-state index contributed by atoms with van der Waals surface area (Å²) < 4.78 is 6.88. The number of aromatic nitrogens is 1. The van der Waals surface area contributed by atoms with E-state index >= 15 is 0 Å². The molecular formula is C13H15BrN2OS. The van der Waals surface area contributed by atoms with E-state index in [1.807, 2.05) is 11.4 Å². The van der Waals surface area contributed by atoms with Crippen molar-refractivity contribution in [2.45, 2.75) is 25.5 Å². The first-order valence-electron chi connectivity index (χ1n) is 5.75. The summed E-state index contributed by atoms with van der Waals surface area (Å²) in [6, 6.07) is 3.92. The molecule has 0 amide bonds. The number of hydrogen-bond acceptors (Lipinski definition) is 4. The number of rotatable bonds is 5. The van der Waals surface area contributed by atoms with E-state index in [4.69, 9.17) is 10.5 Å². The van der Waals surface area contributed by atoms with Crippen LogP contribution in [0.25, 0.3) is 0 Å². The van der Waals surface area contributed by atoms with Crippen molar-refractivity contribution < 1.29 is 4.74 Å². The zero-order chi connectivity index (χ0) is 13.0. The Morgan fingerprint density at radius 1 is 1.50 bits per heavy atom. The Morgan fingerprint density at radius 2 is 2.33 bits per heavy atom. The zero-order valence-corrected chi connectivity index (χ0v) is 12.4. The topological polar surface area (TPSA) is 48.1 Å². The second-order valence-electron chi connectivity index (χ2n) is 4.01. The van der Waals surface area contributed by atoms with Gasteiger partial charge in [-0.15, -0.1) is 0 Å². The first kappa shape index (κ1) is 13.5. The Labute approximate surface area is 119 Å². The smallest absolute Gasteiger partial charge is 0.140 e. The SMILES string of the molecule is CCC(N)C(Oc1cncc(Br)c1)c1ccsc1. The molecule has 96 valence electrons. The van der Waals surface area contributed by atoms with Crippen molar-refractivity contribution in [1.82, 2.24) is 4.98 Å². The Hall–Kier alpha value is -0.910. The largest absolute Gasteiger partial charge is 0.482 e. The van der Waals surface area contributed by atoms with Gasteiger partial charge in [0.1, 0.15) is 11.9 Å². The van der Waals surface area contributed by atoms with Crippen LogP contribution < -0.4 is 10.5 Å². The van der Waals surface area contributed by atoms with Crippen molar-refractivity contribution in [3.63, 3.8) is 0 Å². The molecule has 0 aliphatic carbocycles. The molecule has 0 aliphatic rings. The number of pyridine rings is 1. The van der Waals surface area contributed by atoms with Gasteiger partial charge in [0, 0.05) is 22.3 Å². The Balaban J connectivity index is 2.20. The van der Waals surface area contributed by atoms with E-state index in [2.05, 4.69) is 39.3 Å². The van der Waals surface area contributed by atoms with Gasteiger partial charge in [0.25, 0.3) is 0 Å². The van der Waals surface area contributed by atoms with Crippen LogP contribution in [-0.2, 0) is 0 Å². The van der Waals surface area contributed by atoms with E-state index in [0.29, 0.717) is 0 Å². The lowest BCUT2D eigenvalue weighted by Gasteiger charge is -2.23. The highest BCUT2D eigenvalue weighted by atomic mass is 79.9. The fraction of sp³-hybridized carbons (Fsp3) is 0.308. The molecule has 2 aromatic heterocycles. The molecule has 0 aromatic carbocycles. The maximum absolute atomic E-state index is 6.14. The minimum absolute atomic E-state index is 0.0291. The molecule has 18 heavy (non-hydrogen) atoms. The van der Waals surface area contributed by atoms with Gasteiger partial charge in [-0.2, -0.15) is 11.3 Å². The van der Waals surface area contributed by atoms with Crippen LogP contribution in [0, 0.1) is 0 Å². The molecule has 0 bridgehead atoms. The van der Waals surface area contributed by atoms with Crippen molar-refractivity contribution in [3.05, 3.63) is 45.3 Å². The standard InChI is InChI=1S/C13H15BrN2OS/c1-2-12(15)13(9-3-4-18-8-9)17-11-5-10(14)6-16-7-11/h3-8,12-13H,2,15H2,1H3. The summed E-state index contributed by atoms with van der Waals surface area (Å²) in [5.74, 6) is 0.726. The van der Waals surface area contributed by atoms with Crippen LogP contribution in [0.1, 0.15) is 25.0 Å². The van der Waals surface area contributed by atoms with Gasteiger partial charge in [0.05, 0.1) is 6.20 Å². The predicted molar refractivity (Wildman–Crippen MR) is 77.9 cm³/mol. The third kappa shape index (κ3) is 3.31. The quantitative estimate of drug-likeness (QED) is 0.909. The first-order valence-corrected chi connectivity index (χ1v) is 7.49. The summed E-state index contributed by atoms with van der Waals surface area (Å²) in [7, 11) is 0. The monoisotopic (exact) mass is 326 g/mol. The average Bonchev–Trinajstić information content (AvgIpc) is 2.89. The van der Waals surface area contributed by atoms with Gasteiger partial charge >= 0.3 is 0 Å². The molecule has 5 heteroatoms. The highest BCUT2D eigenvalue weighted by Crippen LogP contribution is 2.27. The highest BCUT2D eigenvalue weighted by Gasteiger charge is 2.21. The summed E-state index contributed by atoms with van der Waals surface area (Å²) in [4.78, 5) is 4.09. The van der Waals surface area contributed by atoms with Gasteiger partial charge in [0.15, 0.2) is 0 Å². The molecule has 0 saturated carbocycles. The molecule has 0 saturated heterocycles. The summed E-state index contributed by atoms with van der Waals surface area (Å²) in [6.07, 6.45) is 4.16. The number of nitrogens with zero attached hydrogens (tertiary/aromatic N) is 1. The van der Waals surface area contributed by atoms with E-state index in [1.54, 1.807) is 23.7 Å². The summed E-state index contributed by atoms with van der Waals surface area (Å²) in [6.45, 7) is 2.06. The Kier molecular flexibility index (Phi) is 4.74. The molecule has 2 rings (SSSR count). The first-order chi connectivity index (χ1) is 8.70. The van der Waals surface area contributed by atoms with Crippen LogP contribution in [0.15, 0.2) is 39.8 Å².